The molecular formula is C13H15BrN2S. The van der Waals surface area contributed by atoms with Crippen LogP contribution in [0.15, 0.2) is 16.7 Å². The molecule has 0 radical (unpaired) electrons. The highest BCUT2D eigenvalue weighted by molar-refractivity contribution is 9.10. The van der Waals surface area contributed by atoms with Gasteiger partial charge < -0.3 is 4.57 Å². The molecule has 90 valence electrons. The summed E-state index contributed by atoms with van der Waals surface area (Å²) in [5.74, 6) is 1.75. The van der Waals surface area contributed by atoms with Crippen LogP contribution in [0.4, 0.5) is 0 Å². The molecule has 17 heavy (non-hydrogen) atoms. The van der Waals surface area contributed by atoms with Crippen LogP contribution in [0.2, 0.25) is 0 Å². The first-order chi connectivity index (χ1) is 8.16. The number of imidazole rings is 1. The molecule has 0 saturated heterocycles. The van der Waals surface area contributed by atoms with E-state index in [4.69, 9.17) is 4.98 Å². The van der Waals surface area contributed by atoms with E-state index in [9.17, 15) is 0 Å². The summed E-state index contributed by atoms with van der Waals surface area (Å²) < 4.78 is 3.43. The third-order valence-corrected chi connectivity index (χ3v) is 4.99. The number of hydrogen-bond donors (Lipinski definition) is 0. The van der Waals surface area contributed by atoms with Gasteiger partial charge in [0.25, 0.3) is 0 Å². The van der Waals surface area contributed by atoms with Crippen LogP contribution in [0.5, 0.6) is 0 Å². The zero-order chi connectivity index (χ0) is 12.0. The van der Waals surface area contributed by atoms with Crippen molar-refractivity contribution < 1.29 is 0 Å². The highest BCUT2D eigenvalue weighted by Gasteiger charge is 2.24. The van der Waals surface area contributed by atoms with Crippen molar-refractivity contribution in [1.82, 2.24) is 9.55 Å². The van der Waals surface area contributed by atoms with Gasteiger partial charge in [-0.2, -0.15) is 0 Å². The molecule has 3 heterocycles. The molecule has 0 saturated carbocycles. The van der Waals surface area contributed by atoms with Gasteiger partial charge in [0, 0.05) is 11.4 Å². The molecular weight excluding hydrogens is 296 g/mol. The number of aryl methyl sites for hydroxylation is 1. The van der Waals surface area contributed by atoms with Crippen LogP contribution >= 0.6 is 27.3 Å². The van der Waals surface area contributed by atoms with E-state index in [1.807, 2.05) is 11.3 Å². The Hall–Kier alpha value is -0.610. The Morgan fingerprint density at radius 3 is 3.00 bits per heavy atom. The molecule has 0 aromatic carbocycles. The van der Waals surface area contributed by atoms with Gasteiger partial charge in [-0.05, 0) is 53.7 Å². The summed E-state index contributed by atoms with van der Waals surface area (Å²) in [6.45, 7) is 5.54. The van der Waals surface area contributed by atoms with Crippen LogP contribution in [0.25, 0.3) is 10.7 Å². The highest BCUT2D eigenvalue weighted by atomic mass is 79.9. The van der Waals surface area contributed by atoms with Gasteiger partial charge in [0.1, 0.15) is 4.60 Å². The van der Waals surface area contributed by atoms with Gasteiger partial charge >= 0.3 is 0 Å². The Morgan fingerprint density at radius 2 is 2.29 bits per heavy atom. The fourth-order valence-corrected chi connectivity index (χ4v) is 4.21. The lowest BCUT2D eigenvalue weighted by Gasteiger charge is -2.22. The molecule has 1 aliphatic rings. The molecule has 0 aliphatic carbocycles. The van der Waals surface area contributed by atoms with E-state index in [0.717, 1.165) is 17.0 Å². The summed E-state index contributed by atoms with van der Waals surface area (Å²) in [7, 11) is 0. The fraction of sp³-hybridized carbons (Fsp3) is 0.462. The molecule has 0 fully saturated rings. The Bertz CT molecular complexity index is 556. The van der Waals surface area contributed by atoms with Crippen LogP contribution in [-0.4, -0.2) is 9.55 Å². The van der Waals surface area contributed by atoms with Crippen LogP contribution in [0.3, 0.4) is 0 Å². The first-order valence-corrected chi connectivity index (χ1v) is 7.60. The predicted octanol–water partition coefficient (Wildman–Crippen LogP) is 4.58. The maximum atomic E-state index is 4.72. The second-order valence-electron chi connectivity index (χ2n) is 4.72. The first kappa shape index (κ1) is 11.5. The van der Waals surface area contributed by atoms with E-state index in [0.29, 0.717) is 5.92 Å². The molecule has 1 aliphatic heterocycles. The number of rotatable bonds is 1. The Kier molecular flexibility index (Phi) is 2.87. The Balaban J connectivity index is 2.16. The molecule has 3 rings (SSSR count). The number of thiophene rings is 1. The number of nitrogens with zero attached hydrogens (tertiary/aromatic N) is 2. The molecule has 2 aromatic heterocycles. The summed E-state index contributed by atoms with van der Waals surface area (Å²) in [6.07, 6.45) is 2.53. The van der Waals surface area contributed by atoms with Crippen molar-refractivity contribution in [2.24, 2.45) is 0 Å². The van der Waals surface area contributed by atoms with Crippen LogP contribution in [0.1, 0.15) is 36.3 Å². The smallest absolute Gasteiger partial charge is 0.151 e. The molecule has 2 nitrogen and oxygen atoms in total. The average Bonchev–Trinajstić information content (AvgIpc) is 2.84. The maximum absolute atomic E-state index is 4.72. The molecule has 4 heteroatoms. The van der Waals surface area contributed by atoms with Crippen molar-refractivity contribution >= 4 is 27.3 Å². The van der Waals surface area contributed by atoms with Crippen LogP contribution < -0.4 is 0 Å². The second-order valence-corrected chi connectivity index (χ2v) is 6.76. The van der Waals surface area contributed by atoms with E-state index in [1.165, 1.54) is 28.3 Å². The largest absolute Gasteiger partial charge is 0.326 e. The van der Waals surface area contributed by atoms with E-state index >= 15 is 0 Å². The quantitative estimate of drug-likeness (QED) is 0.754. The zero-order valence-corrected chi connectivity index (χ0v) is 12.4. The highest BCUT2D eigenvalue weighted by Crippen LogP contribution is 2.38. The zero-order valence-electron chi connectivity index (χ0n) is 10.0. The van der Waals surface area contributed by atoms with Crippen molar-refractivity contribution in [1.29, 1.82) is 0 Å². The number of hydrogen-bond acceptors (Lipinski definition) is 2. The van der Waals surface area contributed by atoms with Gasteiger partial charge in [-0.25, -0.2) is 4.98 Å². The van der Waals surface area contributed by atoms with Gasteiger partial charge in [-0.3, -0.25) is 0 Å². The standard InChI is InChI=1S/C13H15BrN2S/c1-8-4-3-7-16-11(8)12(14)15-13(16)10-6-5-9(2)17-10/h5-6,8H,3-4,7H2,1-2H3. The monoisotopic (exact) mass is 310 g/mol. The summed E-state index contributed by atoms with van der Waals surface area (Å²) in [5.41, 5.74) is 1.37. The minimum absolute atomic E-state index is 0.612. The summed E-state index contributed by atoms with van der Waals surface area (Å²) in [6, 6.07) is 4.35. The molecule has 1 unspecified atom stereocenters. The summed E-state index contributed by atoms with van der Waals surface area (Å²) in [5, 5.41) is 0. The van der Waals surface area contributed by atoms with E-state index < -0.39 is 0 Å². The van der Waals surface area contributed by atoms with E-state index in [2.05, 4.69) is 46.5 Å². The lowest BCUT2D eigenvalue weighted by molar-refractivity contribution is 0.477. The van der Waals surface area contributed by atoms with Gasteiger partial charge in [0.2, 0.25) is 0 Å². The van der Waals surface area contributed by atoms with E-state index in [-0.39, 0.29) is 0 Å². The second kappa shape index (κ2) is 4.25. The SMILES string of the molecule is Cc1ccc(-c2nc(Br)c3n2CCCC3C)s1. The van der Waals surface area contributed by atoms with Crippen LogP contribution in [-0.2, 0) is 6.54 Å². The van der Waals surface area contributed by atoms with Crippen molar-refractivity contribution in [2.45, 2.75) is 39.2 Å². The van der Waals surface area contributed by atoms with Crippen molar-refractivity contribution in [3.63, 3.8) is 0 Å². The molecule has 0 spiro atoms. The molecule has 2 aromatic rings. The summed E-state index contributed by atoms with van der Waals surface area (Å²) >= 11 is 5.44. The Morgan fingerprint density at radius 1 is 1.47 bits per heavy atom. The van der Waals surface area contributed by atoms with Crippen molar-refractivity contribution in [2.75, 3.05) is 0 Å². The van der Waals surface area contributed by atoms with E-state index in [1.54, 1.807) is 0 Å². The van der Waals surface area contributed by atoms with Crippen molar-refractivity contribution in [3.8, 4) is 10.7 Å². The minimum Gasteiger partial charge on any atom is -0.326 e. The maximum Gasteiger partial charge on any atom is 0.151 e. The van der Waals surface area contributed by atoms with Crippen molar-refractivity contribution in [3.05, 3.63) is 27.3 Å². The third kappa shape index (κ3) is 1.87. The first-order valence-electron chi connectivity index (χ1n) is 5.99. The molecule has 0 amide bonds. The van der Waals surface area contributed by atoms with Gasteiger partial charge in [0.05, 0.1) is 10.6 Å². The summed E-state index contributed by atoms with van der Waals surface area (Å²) in [4.78, 5) is 7.34. The fourth-order valence-electron chi connectivity index (χ4n) is 2.57. The number of fused-ring (bicyclic) bond motifs is 1. The third-order valence-electron chi connectivity index (χ3n) is 3.41. The number of aromatic nitrogens is 2. The molecule has 0 N–H and O–H groups in total. The van der Waals surface area contributed by atoms with Gasteiger partial charge in [-0.15, -0.1) is 11.3 Å². The number of halogens is 1. The Labute approximate surface area is 114 Å². The minimum atomic E-state index is 0.612. The molecule has 0 bridgehead atoms. The average molecular weight is 311 g/mol. The normalized spacial score (nSPS) is 19.4. The van der Waals surface area contributed by atoms with Gasteiger partial charge in [-0.1, -0.05) is 6.92 Å². The van der Waals surface area contributed by atoms with Crippen LogP contribution in [0, 0.1) is 6.92 Å². The molecule has 1 atom stereocenters. The predicted molar refractivity (Wildman–Crippen MR) is 75.6 cm³/mol. The topological polar surface area (TPSA) is 17.8 Å². The lowest BCUT2D eigenvalue weighted by Crippen LogP contribution is -2.14. The van der Waals surface area contributed by atoms with Gasteiger partial charge in [0.15, 0.2) is 5.82 Å². The lowest BCUT2D eigenvalue weighted by atomic mass is 9.99.